The van der Waals surface area contributed by atoms with Gasteiger partial charge >= 0.3 is 0 Å². The minimum absolute atomic E-state index is 0.0810. The molecule has 1 aliphatic carbocycles. The number of nitrogen functional groups attached to an aromatic ring is 1. The van der Waals surface area contributed by atoms with Crippen LogP contribution in [0.3, 0.4) is 0 Å². The first-order valence-electron chi connectivity index (χ1n) is 5.62. The molecular weight excluding hydrogens is 190 g/mol. The van der Waals surface area contributed by atoms with Gasteiger partial charge in [-0.1, -0.05) is 13.8 Å². The highest BCUT2D eigenvalue weighted by atomic mass is 16.3. The van der Waals surface area contributed by atoms with E-state index < -0.39 is 0 Å². The lowest BCUT2D eigenvalue weighted by atomic mass is 10.1. The lowest BCUT2D eigenvalue weighted by molar-refractivity contribution is 0.131. The van der Waals surface area contributed by atoms with E-state index in [4.69, 9.17) is 5.73 Å². The van der Waals surface area contributed by atoms with Gasteiger partial charge in [-0.3, -0.25) is 0 Å². The van der Waals surface area contributed by atoms with Crippen molar-refractivity contribution in [3.8, 4) is 0 Å². The van der Waals surface area contributed by atoms with Crippen molar-refractivity contribution in [1.29, 1.82) is 0 Å². The second-order valence-corrected chi connectivity index (χ2v) is 4.66. The van der Waals surface area contributed by atoms with Gasteiger partial charge in [0.25, 0.3) is 0 Å². The standard InChI is InChI=1S/C11H19N3O/c1-7(2)8-6-11(12)14(13-8)9-4-3-5-10(9)15/h6-7,9-10,15H,3-5,12H2,1-2H3. The predicted molar refractivity (Wildman–Crippen MR) is 59.6 cm³/mol. The van der Waals surface area contributed by atoms with Gasteiger partial charge < -0.3 is 10.8 Å². The summed E-state index contributed by atoms with van der Waals surface area (Å²) >= 11 is 0. The summed E-state index contributed by atoms with van der Waals surface area (Å²) in [5.41, 5.74) is 6.92. The van der Waals surface area contributed by atoms with Gasteiger partial charge in [-0.05, 0) is 25.2 Å². The van der Waals surface area contributed by atoms with Gasteiger partial charge in [0.1, 0.15) is 5.82 Å². The number of nitrogens with two attached hydrogens (primary N) is 1. The molecule has 0 spiro atoms. The van der Waals surface area contributed by atoms with E-state index in [1.54, 1.807) is 4.68 Å². The molecule has 1 aromatic rings. The molecule has 2 rings (SSSR count). The normalized spacial score (nSPS) is 26.4. The zero-order valence-corrected chi connectivity index (χ0v) is 9.35. The van der Waals surface area contributed by atoms with E-state index in [-0.39, 0.29) is 12.1 Å². The minimum Gasteiger partial charge on any atom is -0.391 e. The summed E-state index contributed by atoms with van der Waals surface area (Å²) < 4.78 is 1.80. The maximum absolute atomic E-state index is 9.80. The van der Waals surface area contributed by atoms with E-state index in [0.29, 0.717) is 11.7 Å². The molecule has 0 aliphatic heterocycles. The zero-order valence-electron chi connectivity index (χ0n) is 9.35. The quantitative estimate of drug-likeness (QED) is 0.778. The molecule has 0 amide bonds. The maximum Gasteiger partial charge on any atom is 0.122 e. The molecule has 84 valence electrons. The van der Waals surface area contributed by atoms with Crippen molar-refractivity contribution in [2.75, 3.05) is 5.73 Å². The average Bonchev–Trinajstić information content (AvgIpc) is 2.71. The average molecular weight is 209 g/mol. The van der Waals surface area contributed by atoms with Gasteiger partial charge in [-0.2, -0.15) is 5.10 Å². The molecule has 1 aliphatic rings. The van der Waals surface area contributed by atoms with E-state index in [1.165, 1.54) is 0 Å². The number of hydrogen-bond acceptors (Lipinski definition) is 3. The first-order valence-corrected chi connectivity index (χ1v) is 5.62. The summed E-state index contributed by atoms with van der Waals surface area (Å²) in [5.74, 6) is 1.05. The molecule has 1 saturated carbocycles. The second kappa shape index (κ2) is 3.85. The number of aliphatic hydroxyl groups excluding tert-OH is 1. The van der Waals surface area contributed by atoms with Crippen LogP contribution in [0.25, 0.3) is 0 Å². The van der Waals surface area contributed by atoms with Gasteiger partial charge in [0.05, 0.1) is 17.8 Å². The smallest absolute Gasteiger partial charge is 0.122 e. The molecule has 4 heteroatoms. The zero-order chi connectivity index (χ0) is 11.0. The highest BCUT2D eigenvalue weighted by molar-refractivity contribution is 5.33. The highest BCUT2D eigenvalue weighted by Crippen LogP contribution is 2.32. The van der Waals surface area contributed by atoms with Gasteiger partial charge in [0.2, 0.25) is 0 Å². The number of aliphatic hydroxyl groups is 1. The molecule has 3 N–H and O–H groups in total. The number of aromatic nitrogens is 2. The molecule has 0 saturated heterocycles. The Kier molecular flexibility index (Phi) is 2.69. The van der Waals surface area contributed by atoms with Gasteiger partial charge in [0.15, 0.2) is 0 Å². The van der Waals surface area contributed by atoms with E-state index >= 15 is 0 Å². The minimum atomic E-state index is -0.285. The summed E-state index contributed by atoms with van der Waals surface area (Å²) in [6.45, 7) is 4.19. The number of rotatable bonds is 2. The Morgan fingerprint density at radius 3 is 2.73 bits per heavy atom. The van der Waals surface area contributed by atoms with Crippen LogP contribution in [0.15, 0.2) is 6.07 Å². The predicted octanol–water partition coefficient (Wildman–Crippen LogP) is 1.67. The lowest BCUT2D eigenvalue weighted by Gasteiger charge is -2.16. The Labute approximate surface area is 90.1 Å². The molecular formula is C11H19N3O. The van der Waals surface area contributed by atoms with Gasteiger partial charge in [-0.25, -0.2) is 4.68 Å². The van der Waals surface area contributed by atoms with Crippen LogP contribution in [0.2, 0.25) is 0 Å². The van der Waals surface area contributed by atoms with Crippen LogP contribution in [0.1, 0.15) is 50.8 Å². The third-order valence-corrected chi connectivity index (χ3v) is 3.13. The molecule has 15 heavy (non-hydrogen) atoms. The molecule has 2 unspecified atom stereocenters. The number of hydrogen-bond donors (Lipinski definition) is 2. The Hall–Kier alpha value is -1.03. The Balaban J connectivity index is 2.27. The first kappa shape index (κ1) is 10.5. The largest absolute Gasteiger partial charge is 0.391 e. The Morgan fingerprint density at radius 1 is 1.53 bits per heavy atom. The van der Waals surface area contributed by atoms with Gasteiger partial charge in [0, 0.05) is 6.07 Å². The van der Waals surface area contributed by atoms with E-state index in [2.05, 4.69) is 18.9 Å². The summed E-state index contributed by atoms with van der Waals surface area (Å²) in [6.07, 6.45) is 2.61. The fraction of sp³-hybridized carbons (Fsp3) is 0.727. The maximum atomic E-state index is 9.80. The van der Waals surface area contributed by atoms with Crippen molar-refractivity contribution in [1.82, 2.24) is 9.78 Å². The van der Waals surface area contributed by atoms with Crippen molar-refractivity contribution in [2.24, 2.45) is 0 Å². The fourth-order valence-electron chi connectivity index (χ4n) is 2.18. The van der Waals surface area contributed by atoms with Crippen molar-refractivity contribution in [2.45, 2.75) is 51.2 Å². The highest BCUT2D eigenvalue weighted by Gasteiger charge is 2.29. The van der Waals surface area contributed by atoms with Crippen LogP contribution in [0.4, 0.5) is 5.82 Å². The van der Waals surface area contributed by atoms with E-state index in [9.17, 15) is 5.11 Å². The lowest BCUT2D eigenvalue weighted by Crippen LogP contribution is -2.20. The molecule has 0 radical (unpaired) electrons. The number of anilines is 1. The molecule has 1 aromatic heterocycles. The van der Waals surface area contributed by atoms with Crippen LogP contribution in [-0.4, -0.2) is 21.0 Å². The Morgan fingerprint density at radius 2 is 2.27 bits per heavy atom. The second-order valence-electron chi connectivity index (χ2n) is 4.66. The summed E-state index contributed by atoms with van der Waals surface area (Å²) in [6, 6.07) is 1.99. The van der Waals surface area contributed by atoms with Crippen molar-refractivity contribution in [3.05, 3.63) is 11.8 Å². The molecule has 4 nitrogen and oxygen atoms in total. The Bertz CT molecular complexity index is 346. The van der Waals surface area contributed by atoms with Crippen LogP contribution in [0.5, 0.6) is 0 Å². The molecule has 1 heterocycles. The van der Waals surface area contributed by atoms with Crippen molar-refractivity contribution >= 4 is 5.82 Å². The van der Waals surface area contributed by atoms with Crippen LogP contribution in [-0.2, 0) is 0 Å². The summed E-state index contributed by atoms with van der Waals surface area (Å²) in [5, 5.41) is 14.3. The van der Waals surface area contributed by atoms with E-state index in [0.717, 1.165) is 25.0 Å². The molecule has 0 aromatic carbocycles. The van der Waals surface area contributed by atoms with Gasteiger partial charge in [-0.15, -0.1) is 0 Å². The number of nitrogens with zero attached hydrogens (tertiary/aromatic N) is 2. The molecule has 1 fully saturated rings. The third-order valence-electron chi connectivity index (χ3n) is 3.13. The monoisotopic (exact) mass is 209 g/mol. The molecule has 2 atom stereocenters. The summed E-state index contributed by atoms with van der Waals surface area (Å²) in [4.78, 5) is 0. The molecule has 0 bridgehead atoms. The van der Waals surface area contributed by atoms with Crippen LogP contribution < -0.4 is 5.73 Å². The van der Waals surface area contributed by atoms with Crippen molar-refractivity contribution < 1.29 is 5.11 Å². The summed E-state index contributed by atoms with van der Waals surface area (Å²) in [7, 11) is 0. The van der Waals surface area contributed by atoms with Crippen LogP contribution >= 0.6 is 0 Å². The van der Waals surface area contributed by atoms with Crippen LogP contribution in [0, 0.1) is 0 Å². The van der Waals surface area contributed by atoms with Crippen molar-refractivity contribution in [3.63, 3.8) is 0 Å². The topological polar surface area (TPSA) is 64.1 Å². The first-order chi connectivity index (χ1) is 7.09. The third kappa shape index (κ3) is 1.86. The van der Waals surface area contributed by atoms with E-state index in [1.807, 2.05) is 6.07 Å². The SMILES string of the molecule is CC(C)c1cc(N)n(C2CCCC2O)n1. The fourth-order valence-corrected chi connectivity index (χ4v) is 2.18.